The van der Waals surface area contributed by atoms with Gasteiger partial charge in [0.15, 0.2) is 0 Å². The Kier molecular flexibility index (Phi) is 2.44. The van der Waals surface area contributed by atoms with Crippen LogP contribution >= 0.6 is 0 Å². The first kappa shape index (κ1) is 8.74. The van der Waals surface area contributed by atoms with E-state index >= 15 is 0 Å². The van der Waals surface area contributed by atoms with Crippen molar-refractivity contribution in [3.05, 3.63) is 36.2 Å². The average Bonchev–Trinajstić information content (AvgIpc) is 2.72. The molecular formula is C10H11N3O. The molecule has 0 radical (unpaired) electrons. The molecule has 2 heterocycles. The molecule has 4 heteroatoms. The van der Waals surface area contributed by atoms with Crippen LogP contribution < -0.4 is 5.73 Å². The van der Waals surface area contributed by atoms with Crippen molar-refractivity contribution in [3.8, 4) is 0 Å². The first-order valence-corrected chi connectivity index (χ1v) is 4.42. The summed E-state index contributed by atoms with van der Waals surface area (Å²) in [6.45, 7) is 1.35. The third kappa shape index (κ3) is 1.90. The van der Waals surface area contributed by atoms with Crippen molar-refractivity contribution in [1.29, 1.82) is 0 Å². The number of nitrogens with two attached hydrogens (primary N) is 1. The van der Waals surface area contributed by atoms with Crippen LogP contribution in [-0.2, 0) is 4.74 Å². The molecule has 2 N–H and O–H groups in total. The zero-order valence-corrected chi connectivity index (χ0v) is 7.68. The van der Waals surface area contributed by atoms with Gasteiger partial charge in [-0.25, -0.2) is 4.99 Å². The quantitative estimate of drug-likeness (QED) is 0.748. The highest BCUT2D eigenvalue weighted by Gasteiger charge is 2.05. The number of hydrogen-bond acceptors (Lipinski definition) is 4. The van der Waals surface area contributed by atoms with Crippen molar-refractivity contribution in [2.45, 2.75) is 0 Å². The SMILES string of the molecule is N/C(=C\C1=NCCO1)c1ccccn1. The van der Waals surface area contributed by atoms with E-state index in [0.29, 0.717) is 24.7 Å². The molecule has 0 spiro atoms. The van der Waals surface area contributed by atoms with E-state index in [9.17, 15) is 0 Å². The highest BCUT2D eigenvalue weighted by Crippen LogP contribution is 2.06. The van der Waals surface area contributed by atoms with Gasteiger partial charge in [0.1, 0.15) is 6.61 Å². The Labute approximate surface area is 82.1 Å². The van der Waals surface area contributed by atoms with Crippen molar-refractivity contribution in [2.24, 2.45) is 10.7 Å². The van der Waals surface area contributed by atoms with Crippen molar-refractivity contribution < 1.29 is 4.74 Å². The van der Waals surface area contributed by atoms with Gasteiger partial charge in [0.05, 0.1) is 17.9 Å². The molecule has 1 aliphatic rings. The van der Waals surface area contributed by atoms with Crippen LogP contribution in [0.3, 0.4) is 0 Å². The molecule has 0 aliphatic carbocycles. The van der Waals surface area contributed by atoms with Gasteiger partial charge in [-0.2, -0.15) is 0 Å². The Morgan fingerprint density at radius 3 is 3.07 bits per heavy atom. The van der Waals surface area contributed by atoms with Crippen molar-refractivity contribution in [3.63, 3.8) is 0 Å². The second-order valence-electron chi connectivity index (χ2n) is 2.88. The summed E-state index contributed by atoms with van der Waals surface area (Å²) in [5.41, 5.74) is 7.13. The molecule has 0 fully saturated rings. The van der Waals surface area contributed by atoms with E-state index in [2.05, 4.69) is 9.98 Å². The maximum absolute atomic E-state index is 5.81. The van der Waals surface area contributed by atoms with E-state index in [1.165, 1.54) is 0 Å². The van der Waals surface area contributed by atoms with Crippen LogP contribution in [0.15, 0.2) is 35.5 Å². The van der Waals surface area contributed by atoms with E-state index in [1.807, 2.05) is 18.2 Å². The number of pyridine rings is 1. The largest absolute Gasteiger partial charge is 0.476 e. The van der Waals surface area contributed by atoms with Gasteiger partial charge in [-0.05, 0) is 12.1 Å². The predicted octanol–water partition coefficient (Wildman–Crippen LogP) is 0.810. The lowest BCUT2D eigenvalue weighted by Crippen LogP contribution is -2.03. The van der Waals surface area contributed by atoms with Gasteiger partial charge in [-0.15, -0.1) is 0 Å². The summed E-state index contributed by atoms with van der Waals surface area (Å²) in [5, 5.41) is 0. The van der Waals surface area contributed by atoms with Gasteiger partial charge in [0.2, 0.25) is 5.90 Å². The molecular weight excluding hydrogens is 178 g/mol. The molecule has 14 heavy (non-hydrogen) atoms. The van der Waals surface area contributed by atoms with Gasteiger partial charge < -0.3 is 10.5 Å². The molecule has 0 bridgehead atoms. The number of rotatable bonds is 2. The minimum Gasteiger partial charge on any atom is -0.476 e. The summed E-state index contributed by atoms with van der Waals surface area (Å²) in [6, 6.07) is 5.59. The topological polar surface area (TPSA) is 60.5 Å². The zero-order chi connectivity index (χ0) is 9.80. The number of hydrogen-bond donors (Lipinski definition) is 1. The molecule has 0 atom stereocenters. The van der Waals surface area contributed by atoms with E-state index in [0.717, 1.165) is 5.69 Å². The van der Waals surface area contributed by atoms with Crippen molar-refractivity contribution >= 4 is 11.6 Å². The maximum atomic E-state index is 5.81. The Morgan fingerprint density at radius 2 is 2.43 bits per heavy atom. The van der Waals surface area contributed by atoms with Crippen LogP contribution in [0.2, 0.25) is 0 Å². The minimum absolute atomic E-state index is 0.575. The van der Waals surface area contributed by atoms with Crippen molar-refractivity contribution in [1.82, 2.24) is 4.98 Å². The summed E-state index contributed by atoms with van der Waals surface area (Å²) in [6.07, 6.45) is 3.41. The molecule has 0 unspecified atom stereocenters. The van der Waals surface area contributed by atoms with Crippen LogP contribution in [0.25, 0.3) is 5.70 Å². The summed E-state index contributed by atoms with van der Waals surface area (Å²) in [5.74, 6) is 0.591. The Morgan fingerprint density at radius 1 is 1.50 bits per heavy atom. The van der Waals surface area contributed by atoms with E-state index in [4.69, 9.17) is 10.5 Å². The lowest BCUT2D eigenvalue weighted by molar-refractivity contribution is 0.350. The molecule has 72 valence electrons. The lowest BCUT2D eigenvalue weighted by Gasteiger charge is -2.00. The third-order valence-electron chi connectivity index (χ3n) is 1.85. The van der Waals surface area contributed by atoms with Gasteiger partial charge in [-0.1, -0.05) is 6.07 Å². The first-order valence-electron chi connectivity index (χ1n) is 4.42. The van der Waals surface area contributed by atoms with Gasteiger partial charge in [-0.3, -0.25) is 4.98 Å². The first-order chi connectivity index (χ1) is 6.86. The normalized spacial score (nSPS) is 16.3. The van der Waals surface area contributed by atoms with Gasteiger partial charge in [0.25, 0.3) is 0 Å². The molecule has 2 rings (SSSR count). The summed E-state index contributed by atoms with van der Waals surface area (Å²) < 4.78 is 5.21. The lowest BCUT2D eigenvalue weighted by atomic mass is 10.2. The van der Waals surface area contributed by atoms with Gasteiger partial charge in [0, 0.05) is 12.3 Å². The number of aliphatic imine (C=N–C) groups is 1. The zero-order valence-electron chi connectivity index (χ0n) is 7.68. The highest BCUT2D eigenvalue weighted by molar-refractivity contribution is 5.94. The molecule has 0 aromatic carbocycles. The smallest absolute Gasteiger partial charge is 0.210 e. The van der Waals surface area contributed by atoms with Crippen LogP contribution in [0, 0.1) is 0 Å². The van der Waals surface area contributed by atoms with E-state index < -0.39 is 0 Å². The molecule has 1 aliphatic heterocycles. The minimum atomic E-state index is 0.575. The van der Waals surface area contributed by atoms with Crippen LogP contribution in [-0.4, -0.2) is 24.0 Å². The maximum Gasteiger partial charge on any atom is 0.210 e. The Bertz CT molecular complexity index is 370. The number of aromatic nitrogens is 1. The Balaban J connectivity index is 2.19. The predicted molar refractivity (Wildman–Crippen MR) is 54.7 cm³/mol. The molecule has 0 saturated heterocycles. The summed E-state index contributed by atoms with van der Waals surface area (Å²) >= 11 is 0. The Hall–Kier alpha value is -1.84. The van der Waals surface area contributed by atoms with E-state index in [-0.39, 0.29) is 0 Å². The van der Waals surface area contributed by atoms with Crippen LogP contribution in [0.4, 0.5) is 0 Å². The van der Waals surface area contributed by atoms with Crippen LogP contribution in [0.5, 0.6) is 0 Å². The molecule has 1 aromatic heterocycles. The summed E-state index contributed by atoms with van der Waals surface area (Å²) in [7, 11) is 0. The fraction of sp³-hybridized carbons (Fsp3) is 0.200. The fourth-order valence-electron chi connectivity index (χ4n) is 1.18. The summed E-state index contributed by atoms with van der Waals surface area (Å²) in [4.78, 5) is 8.23. The number of ether oxygens (including phenoxy) is 1. The number of nitrogens with zero attached hydrogens (tertiary/aromatic N) is 2. The fourth-order valence-corrected chi connectivity index (χ4v) is 1.18. The molecule has 0 amide bonds. The monoisotopic (exact) mass is 189 g/mol. The highest BCUT2D eigenvalue weighted by atomic mass is 16.5. The van der Waals surface area contributed by atoms with E-state index in [1.54, 1.807) is 12.3 Å². The molecule has 1 aromatic rings. The second-order valence-corrected chi connectivity index (χ2v) is 2.88. The second kappa shape index (κ2) is 3.91. The average molecular weight is 189 g/mol. The van der Waals surface area contributed by atoms with Gasteiger partial charge >= 0.3 is 0 Å². The molecule has 4 nitrogen and oxygen atoms in total. The standard InChI is InChI=1S/C10H11N3O/c11-8(7-10-13-5-6-14-10)9-3-1-2-4-12-9/h1-4,7H,5-6,11H2/b8-7-. The van der Waals surface area contributed by atoms with Crippen molar-refractivity contribution in [2.75, 3.05) is 13.2 Å². The van der Waals surface area contributed by atoms with Crippen LogP contribution in [0.1, 0.15) is 5.69 Å². The third-order valence-corrected chi connectivity index (χ3v) is 1.85. The molecule has 0 saturated carbocycles.